The van der Waals surface area contributed by atoms with Crippen LogP contribution in [0.1, 0.15) is 94.4 Å². The molecule has 5 N–H and O–H groups in total. The lowest BCUT2D eigenvalue weighted by molar-refractivity contribution is -0.205. The Morgan fingerprint density at radius 1 is 1.23 bits per heavy atom. The molecule has 0 radical (unpaired) electrons. The van der Waals surface area contributed by atoms with Gasteiger partial charge in [-0.25, -0.2) is 0 Å². The summed E-state index contributed by atoms with van der Waals surface area (Å²) in [4.78, 5) is 48.2. The highest BCUT2D eigenvalue weighted by molar-refractivity contribution is 8.01. The number of nitrogens with one attached hydrogen (secondary N) is 1. The number of aliphatic carboxylic acids is 1. The van der Waals surface area contributed by atoms with Crippen molar-refractivity contribution in [2.75, 3.05) is 12.3 Å². The van der Waals surface area contributed by atoms with Crippen LogP contribution in [0.3, 0.4) is 0 Å². The number of nitrogens with two attached hydrogens (primary N) is 1. The minimum atomic E-state index is -0.833. The summed E-state index contributed by atoms with van der Waals surface area (Å²) in [7, 11) is 0. The minimum absolute atomic E-state index is 0.0382. The van der Waals surface area contributed by atoms with E-state index in [0.29, 0.717) is 19.4 Å². The molecule has 3 fully saturated rings. The maximum Gasteiger partial charge on any atom is 0.316 e. The first-order chi connectivity index (χ1) is 19.7. The zero-order valence-corrected chi connectivity index (χ0v) is 28.5. The van der Waals surface area contributed by atoms with Gasteiger partial charge in [0, 0.05) is 41.4 Å². The van der Waals surface area contributed by atoms with Crippen LogP contribution in [-0.2, 0) is 23.9 Å². The largest absolute Gasteiger partial charge is 0.481 e. The third-order valence-corrected chi connectivity index (χ3v) is 12.2. The van der Waals surface area contributed by atoms with Gasteiger partial charge in [-0.15, -0.1) is 18.3 Å². The van der Waals surface area contributed by atoms with Gasteiger partial charge in [0.2, 0.25) is 5.91 Å². The number of thioether (sulfide) groups is 1. The molecule has 0 spiro atoms. The minimum Gasteiger partial charge on any atom is -0.481 e. The Labute approximate surface area is 262 Å². The number of esters is 1. The highest BCUT2D eigenvalue weighted by Crippen LogP contribution is 2.68. The standard InChI is InChI=1S/C31H52N2O5S.C2H4O2/c1-10-29(8)15-22(38-23(35)16-39-28(6,7)17-33-27(37)24(32)18(2)3)30(9)19(4)11-13-31(20(5)26(29)36)14-12-21(34)25(30)31;1-2(3)4/h10,18-20,22,24-26,36H,1,11-17,32H2,2-9H3,(H,33,37);1H3,(H,3,4)/t19-,20+,22-,24-,25+,26+,29-,30+,31+;/m1./s1. The van der Waals surface area contributed by atoms with E-state index in [1.807, 2.05) is 40.7 Å². The van der Waals surface area contributed by atoms with E-state index >= 15 is 0 Å². The molecule has 0 unspecified atom stereocenters. The van der Waals surface area contributed by atoms with Crippen LogP contribution in [-0.4, -0.2) is 69.1 Å². The van der Waals surface area contributed by atoms with Crippen LogP contribution < -0.4 is 11.1 Å². The van der Waals surface area contributed by atoms with E-state index in [1.165, 1.54) is 11.8 Å². The quantitative estimate of drug-likeness (QED) is 0.213. The number of aliphatic hydroxyl groups excluding tert-OH is 1. The molecule has 3 aliphatic rings. The van der Waals surface area contributed by atoms with E-state index in [9.17, 15) is 19.5 Å². The second-order valence-corrected chi connectivity index (χ2v) is 16.3. The zero-order chi connectivity index (χ0) is 33.1. The molecule has 9 atom stereocenters. The topological polar surface area (TPSA) is 156 Å². The molecule has 0 heterocycles. The fourth-order valence-electron chi connectivity index (χ4n) is 7.72. The number of ether oxygens (including phenoxy) is 1. The van der Waals surface area contributed by atoms with Gasteiger partial charge in [-0.3, -0.25) is 19.2 Å². The summed E-state index contributed by atoms with van der Waals surface area (Å²) in [6.45, 7) is 21.7. The number of aliphatic hydroxyl groups is 1. The summed E-state index contributed by atoms with van der Waals surface area (Å²) in [5.74, 6) is -1.08. The first-order valence-corrected chi connectivity index (χ1v) is 16.6. The normalized spacial score (nSPS) is 36.3. The van der Waals surface area contributed by atoms with Crippen molar-refractivity contribution in [3.05, 3.63) is 12.7 Å². The van der Waals surface area contributed by atoms with Crippen molar-refractivity contribution in [1.82, 2.24) is 5.32 Å². The first-order valence-electron chi connectivity index (χ1n) is 15.6. The van der Waals surface area contributed by atoms with Crippen molar-refractivity contribution >= 4 is 35.4 Å². The van der Waals surface area contributed by atoms with E-state index in [1.54, 1.807) is 0 Å². The number of carboxylic acid groups (broad SMARTS) is 1. The molecule has 0 aromatic rings. The van der Waals surface area contributed by atoms with Crippen LogP contribution >= 0.6 is 11.8 Å². The Hall–Kier alpha value is -1.91. The van der Waals surface area contributed by atoms with Crippen LogP contribution in [0.2, 0.25) is 0 Å². The van der Waals surface area contributed by atoms with Gasteiger partial charge in [0.25, 0.3) is 5.97 Å². The third kappa shape index (κ3) is 7.85. The van der Waals surface area contributed by atoms with Crippen LogP contribution in [0.4, 0.5) is 0 Å². The number of rotatable bonds is 9. The van der Waals surface area contributed by atoms with Gasteiger partial charge in [-0.1, -0.05) is 47.6 Å². The first kappa shape index (κ1) is 37.3. The maximum atomic E-state index is 13.5. The van der Waals surface area contributed by atoms with Gasteiger partial charge in [0.05, 0.1) is 17.9 Å². The number of amides is 1. The molecule has 9 nitrogen and oxygen atoms in total. The zero-order valence-electron chi connectivity index (χ0n) is 27.7. The van der Waals surface area contributed by atoms with Crippen molar-refractivity contribution < 1.29 is 34.1 Å². The molecule has 0 aromatic heterocycles. The third-order valence-electron chi connectivity index (χ3n) is 10.9. The number of carboxylic acids is 1. The summed E-state index contributed by atoms with van der Waals surface area (Å²) >= 11 is 1.43. The van der Waals surface area contributed by atoms with Crippen molar-refractivity contribution in [3.63, 3.8) is 0 Å². The van der Waals surface area contributed by atoms with Crippen LogP contribution in [0.15, 0.2) is 12.7 Å². The summed E-state index contributed by atoms with van der Waals surface area (Å²) in [6, 6.07) is -0.573. The monoisotopic (exact) mass is 624 g/mol. The molecule has 2 bridgehead atoms. The molecule has 3 aliphatic carbocycles. The van der Waals surface area contributed by atoms with E-state index in [2.05, 4.69) is 32.7 Å². The number of hydrogen-bond donors (Lipinski definition) is 4. The second kappa shape index (κ2) is 14.0. The molecular formula is C33H56N2O7S. The molecule has 0 saturated heterocycles. The van der Waals surface area contributed by atoms with Crippen molar-refractivity contribution in [3.8, 4) is 0 Å². The summed E-state index contributed by atoms with van der Waals surface area (Å²) in [5.41, 5.74) is 4.49. The lowest BCUT2D eigenvalue weighted by Gasteiger charge is -2.61. The number of carbonyl (C=O) groups is 4. The fraction of sp³-hybridized carbons (Fsp3) is 0.818. The number of carbonyl (C=O) groups excluding carboxylic acids is 3. The van der Waals surface area contributed by atoms with Gasteiger partial charge in [0.1, 0.15) is 11.9 Å². The van der Waals surface area contributed by atoms with E-state index < -0.39 is 39.8 Å². The maximum absolute atomic E-state index is 13.5. The fourth-order valence-corrected chi connectivity index (χ4v) is 8.47. The number of ketones is 1. The van der Waals surface area contributed by atoms with Crippen molar-refractivity contribution in [2.24, 2.45) is 45.7 Å². The van der Waals surface area contributed by atoms with Crippen LogP contribution in [0, 0.1) is 39.9 Å². The molecule has 3 rings (SSSR count). The van der Waals surface area contributed by atoms with Gasteiger partial charge < -0.3 is 26.0 Å². The highest BCUT2D eigenvalue weighted by atomic mass is 32.2. The molecule has 10 heteroatoms. The lowest BCUT2D eigenvalue weighted by Crippen LogP contribution is -2.63. The summed E-state index contributed by atoms with van der Waals surface area (Å²) < 4.78 is 5.92. The smallest absolute Gasteiger partial charge is 0.316 e. The second-order valence-electron chi connectivity index (χ2n) is 14.6. The molecular weight excluding hydrogens is 568 g/mol. The van der Waals surface area contributed by atoms with Gasteiger partial charge in [-0.2, -0.15) is 0 Å². The predicted molar refractivity (Wildman–Crippen MR) is 170 cm³/mol. The molecule has 3 saturated carbocycles. The van der Waals surface area contributed by atoms with E-state index in [-0.39, 0.29) is 52.5 Å². The Kier molecular flexibility index (Phi) is 12.2. The predicted octanol–water partition coefficient (Wildman–Crippen LogP) is 4.60. The molecule has 43 heavy (non-hydrogen) atoms. The van der Waals surface area contributed by atoms with E-state index in [0.717, 1.165) is 26.2 Å². The highest BCUT2D eigenvalue weighted by Gasteiger charge is 2.68. The molecule has 246 valence electrons. The van der Waals surface area contributed by atoms with Gasteiger partial charge in [-0.05, 0) is 62.7 Å². The molecule has 1 amide bonds. The van der Waals surface area contributed by atoms with Crippen molar-refractivity contribution in [2.45, 2.75) is 117 Å². The van der Waals surface area contributed by atoms with Gasteiger partial charge >= 0.3 is 5.97 Å². The van der Waals surface area contributed by atoms with E-state index in [4.69, 9.17) is 20.4 Å². The van der Waals surface area contributed by atoms with Crippen LogP contribution in [0.5, 0.6) is 0 Å². The number of Topliss-reactive ketones (excluding diaryl/α,β-unsaturated/α-hetero) is 1. The summed E-state index contributed by atoms with van der Waals surface area (Å²) in [6.07, 6.45) is 4.17. The Balaban J connectivity index is 0.00000151. The van der Waals surface area contributed by atoms with Crippen molar-refractivity contribution in [1.29, 1.82) is 0 Å². The molecule has 0 aliphatic heterocycles. The Morgan fingerprint density at radius 2 is 1.81 bits per heavy atom. The average Bonchev–Trinajstić information content (AvgIpc) is 3.28. The van der Waals surface area contributed by atoms with Gasteiger partial charge in [0.15, 0.2) is 0 Å². The molecule has 0 aromatic carbocycles. The average molecular weight is 625 g/mol. The summed E-state index contributed by atoms with van der Waals surface area (Å²) in [5, 5.41) is 22.0. The lowest BCUT2D eigenvalue weighted by atomic mass is 9.44. The Morgan fingerprint density at radius 3 is 2.35 bits per heavy atom. The Bertz CT molecular complexity index is 1060. The SMILES string of the molecule is C=C[C@]1(C)C[C@@H](OC(=O)CSC(C)(C)CNC(=O)[C@H](N)C(C)C)[C@]2(C)[C@H](C)CC[C@]3(CCC(=O)[C@H]32)[C@@H](C)[C@@H]1O.CC(=O)O. The number of hydrogen-bond acceptors (Lipinski definition) is 8. The van der Waals surface area contributed by atoms with Crippen LogP contribution in [0.25, 0.3) is 0 Å².